The summed E-state index contributed by atoms with van der Waals surface area (Å²) in [6.45, 7) is 0.482. The van der Waals surface area contributed by atoms with Crippen molar-refractivity contribution in [2.24, 2.45) is 0 Å². The van der Waals surface area contributed by atoms with Crippen molar-refractivity contribution < 1.29 is 24.4 Å². The monoisotopic (exact) mass is 288 g/mol. The van der Waals surface area contributed by atoms with Gasteiger partial charge in [0.25, 0.3) is 0 Å². The van der Waals surface area contributed by atoms with Crippen LogP contribution >= 0.6 is 11.8 Å². The molecule has 0 unspecified atom stereocenters. The van der Waals surface area contributed by atoms with Gasteiger partial charge in [-0.05, 0) is 12.8 Å². The van der Waals surface area contributed by atoms with E-state index in [1.807, 2.05) is 15.7 Å². The Labute approximate surface area is 120 Å². The van der Waals surface area contributed by atoms with Crippen molar-refractivity contribution in [1.29, 1.82) is 0 Å². The van der Waals surface area contributed by atoms with Crippen molar-refractivity contribution in [2.75, 3.05) is 19.2 Å². The van der Waals surface area contributed by atoms with Crippen LogP contribution < -0.4 is 0 Å². The van der Waals surface area contributed by atoms with Crippen LogP contribution in [0.15, 0.2) is 0 Å². The number of ether oxygens (including phenoxy) is 3. The van der Waals surface area contributed by atoms with E-state index in [0.717, 1.165) is 6.42 Å². The van der Waals surface area contributed by atoms with Crippen molar-refractivity contribution in [3.63, 3.8) is 0 Å². The van der Waals surface area contributed by atoms with Gasteiger partial charge in [-0.3, -0.25) is 0 Å². The molecule has 2 N–H and O–H groups in total. The zero-order chi connectivity index (χ0) is 13.8. The average molecular weight is 288 g/mol. The minimum atomic E-state index is -0.417. The number of aliphatic hydroxyl groups excluding tert-OH is 2. The van der Waals surface area contributed by atoms with E-state index in [-0.39, 0.29) is 36.1 Å². The maximum Gasteiger partial charge on any atom is 0.139 e. The second-order valence-electron chi connectivity index (χ2n) is 5.39. The standard InChI is InChI=1S/C11H22B2O5S/c12-10-1-6(15)8(18-10)4-16-5-19-9-2-11(13)17-7(9)3-14/h6-11,14-15H,1-5,12-13H2/t6-,7-,8-,9-,10-,11-/m1/s1. The van der Waals surface area contributed by atoms with Gasteiger partial charge in [0.05, 0.1) is 31.4 Å². The van der Waals surface area contributed by atoms with Crippen LogP contribution in [0.3, 0.4) is 0 Å². The summed E-state index contributed by atoms with van der Waals surface area (Å²) in [6, 6.07) is 0.314. The zero-order valence-electron chi connectivity index (χ0n) is 11.5. The topological polar surface area (TPSA) is 68.2 Å². The van der Waals surface area contributed by atoms with Gasteiger partial charge in [0.15, 0.2) is 0 Å². The van der Waals surface area contributed by atoms with Crippen molar-refractivity contribution in [1.82, 2.24) is 0 Å². The van der Waals surface area contributed by atoms with Gasteiger partial charge < -0.3 is 24.4 Å². The predicted octanol–water partition coefficient (Wildman–Crippen LogP) is -2.09. The van der Waals surface area contributed by atoms with E-state index >= 15 is 0 Å². The van der Waals surface area contributed by atoms with E-state index in [2.05, 4.69) is 0 Å². The molecule has 0 aromatic carbocycles. The molecule has 0 aliphatic carbocycles. The molecule has 0 bridgehead atoms. The van der Waals surface area contributed by atoms with Crippen LogP contribution in [0.1, 0.15) is 12.8 Å². The van der Waals surface area contributed by atoms with E-state index < -0.39 is 6.10 Å². The van der Waals surface area contributed by atoms with Crippen molar-refractivity contribution in [3.8, 4) is 0 Å². The molecule has 8 heteroatoms. The quantitative estimate of drug-likeness (QED) is 0.332. The van der Waals surface area contributed by atoms with Crippen LogP contribution in [0.4, 0.5) is 0 Å². The summed E-state index contributed by atoms with van der Waals surface area (Å²) in [4.78, 5) is 0. The summed E-state index contributed by atoms with van der Waals surface area (Å²) < 4.78 is 16.7. The first-order valence-electron chi connectivity index (χ1n) is 6.89. The SMILES string of the molecule is B[C@H]1C[C@@H](O)[C@@H](COCS[C@@H]2C[C@H](B)O[C@@H]2CO)O1. The summed E-state index contributed by atoms with van der Waals surface area (Å²) in [7, 11) is 3.98. The van der Waals surface area contributed by atoms with Crippen LogP contribution in [0, 0.1) is 0 Å². The minimum absolute atomic E-state index is 0.0595. The summed E-state index contributed by atoms with van der Waals surface area (Å²) in [6.07, 6.45) is 0.917. The van der Waals surface area contributed by atoms with Crippen LogP contribution in [-0.2, 0) is 14.2 Å². The van der Waals surface area contributed by atoms with Gasteiger partial charge in [-0.15, -0.1) is 11.8 Å². The fourth-order valence-corrected chi connectivity index (χ4v) is 3.78. The highest BCUT2D eigenvalue weighted by atomic mass is 32.2. The first-order valence-corrected chi connectivity index (χ1v) is 7.94. The van der Waals surface area contributed by atoms with Gasteiger partial charge in [0.2, 0.25) is 0 Å². The lowest BCUT2D eigenvalue weighted by molar-refractivity contribution is -0.0206. The Morgan fingerprint density at radius 3 is 2.47 bits per heavy atom. The first-order chi connectivity index (χ1) is 9.10. The van der Waals surface area contributed by atoms with Crippen LogP contribution in [0.25, 0.3) is 0 Å². The molecule has 0 saturated carbocycles. The Morgan fingerprint density at radius 1 is 1.16 bits per heavy atom. The minimum Gasteiger partial charge on any atom is -0.394 e. The van der Waals surface area contributed by atoms with Gasteiger partial charge in [-0.25, -0.2) is 0 Å². The molecule has 2 fully saturated rings. The Balaban J connectivity index is 1.61. The molecule has 0 aromatic rings. The van der Waals surface area contributed by atoms with Gasteiger partial charge in [0, 0.05) is 17.3 Å². The third-order valence-electron chi connectivity index (χ3n) is 3.62. The Hall–Kier alpha value is 0.280. The number of hydrogen-bond donors (Lipinski definition) is 2. The Bertz CT molecular complexity index is 286. The van der Waals surface area contributed by atoms with Crippen LogP contribution in [0.5, 0.6) is 0 Å². The van der Waals surface area contributed by atoms with Gasteiger partial charge >= 0.3 is 0 Å². The number of thioether (sulfide) groups is 1. The number of aliphatic hydroxyl groups is 2. The molecular formula is C11H22B2O5S. The largest absolute Gasteiger partial charge is 0.394 e. The highest BCUT2D eigenvalue weighted by molar-refractivity contribution is 7.99. The lowest BCUT2D eigenvalue weighted by atomic mass is 9.96. The summed E-state index contributed by atoms with van der Waals surface area (Å²) in [5.74, 6) is 0.540. The Morgan fingerprint density at radius 2 is 1.84 bits per heavy atom. The van der Waals surface area contributed by atoms with Crippen LogP contribution in [-0.4, -0.2) is 80.6 Å². The molecule has 2 heterocycles. The van der Waals surface area contributed by atoms with Gasteiger partial charge in [-0.2, -0.15) is 0 Å². The fourth-order valence-electron chi connectivity index (χ4n) is 2.64. The predicted molar refractivity (Wildman–Crippen MR) is 78.9 cm³/mol. The highest BCUT2D eigenvalue weighted by Crippen LogP contribution is 2.29. The number of rotatable bonds is 6. The normalized spacial score (nSPS) is 42.8. The fraction of sp³-hybridized carbons (Fsp3) is 1.00. The van der Waals surface area contributed by atoms with Crippen molar-refractivity contribution >= 4 is 27.5 Å². The maximum absolute atomic E-state index is 9.72. The van der Waals surface area contributed by atoms with E-state index in [0.29, 0.717) is 19.0 Å². The van der Waals surface area contributed by atoms with E-state index in [1.165, 1.54) is 0 Å². The van der Waals surface area contributed by atoms with E-state index in [4.69, 9.17) is 14.2 Å². The highest BCUT2D eigenvalue weighted by Gasteiger charge is 2.33. The molecule has 6 atom stereocenters. The smallest absolute Gasteiger partial charge is 0.139 e. The van der Waals surface area contributed by atoms with Crippen molar-refractivity contribution in [2.45, 2.75) is 48.4 Å². The average Bonchev–Trinajstić information content (AvgIpc) is 2.87. The molecule has 19 heavy (non-hydrogen) atoms. The molecule has 2 rings (SSSR count). The first kappa shape index (κ1) is 15.7. The van der Waals surface area contributed by atoms with Gasteiger partial charge in [-0.1, -0.05) is 0 Å². The second kappa shape index (κ2) is 7.33. The molecular weight excluding hydrogens is 266 g/mol. The van der Waals surface area contributed by atoms with E-state index in [9.17, 15) is 10.2 Å². The number of hydrogen-bond acceptors (Lipinski definition) is 6. The Kier molecular flexibility index (Phi) is 6.05. The maximum atomic E-state index is 9.72. The molecule has 2 aliphatic rings. The molecule has 2 saturated heterocycles. The molecule has 0 spiro atoms. The van der Waals surface area contributed by atoms with E-state index in [1.54, 1.807) is 11.8 Å². The third kappa shape index (κ3) is 4.37. The molecule has 0 radical (unpaired) electrons. The lowest BCUT2D eigenvalue weighted by Crippen LogP contribution is -2.27. The third-order valence-corrected chi connectivity index (χ3v) is 4.85. The second-order valence-corrected chi connectivity index (χ2v) is 6.56. The molecule has 0 amide bonds. The molecule has 5 nitrogen and oxygen atoms in total. The summed E-state index contributed by atoms with van der Waals surface area (Å²) in [5.41, 5.74) is 0. The van der Waals surface area contributed by atoms with Crippen LogP contribution in [0.2, 0.25) is 0 Å². The lowest BCUT2D eigenvalue weighted by Gasteiger charge is -2.17. The zero-order valence-corrected chi connectivity index (χ0v) is 12.3. The van der Waals surface area contributed by atoms with Crippen molar-refractivity contribution in [3.05, 3.63) is 0 Å². The molecule has 108 valence electrons. The van der Waals surface area contributed by atoms with Gasteiger partial charge in [0.1, 0.15) is 21.8 Å². The molecule has 2 aliphatic heterocycles. The summed E-state index contributed by atoms with van der Waals surface area (Å²) >= 11 is 1.66. The molecule has 0 aromatic heterocycles. The summed E-state index contributed by atoms with van der Waals surface area (Å²) in [5, 5.41) is 19.2.